The first-order valence-corrected chi connectivity index (χ1v) is 6.36. The largest absolute Gasteiger partial charge is 0.478 e. The Kier molecular flexibility index (Phi) is 3.36. The van der Waals surface area contributed by atoms with Gasteiger partial charge in [-0.3, -0.25) is 0 Å². The van der Waals surface area contributed by atoms with Crippen LogP contribution in [0.4, 0.5) is 5.95 Å². The number of benzene rings is 1. The number of hydrogen-bond acceptors (Lipinski definition) is 6. The number of nitrogens with zero attached hydrogens (tertiary/aromatic N) is 4. The Morgan fingerprint density at radius 1 is 1.29 bits per heavy atom. The van der Waals surface area contributed by atoms with Crippen LogP contribution in [0.1, 0.15) is 15.9 Å². The molecular weight excluding hydrogens is 290 g/mol. The van der Waals surface area contributed by atoms with Crippen LogP contribution in [0.5, 0.6) is 0 Å². The number of thiol groups is 1. The quantitative estimate of drug-likeness (QED) is 0.390. The number of imidazole rings is 1. The van der Waals surface area contributed by atoms with Crippen molar-refractivity contribution in [2.75, 3.05) is 0 Å². The predicted octanol–water partition coefficient (Wildman–Crippen LogP) is 2.09. The predicted molar refractivity (Wildman–Crippen MR) is 79.6 cm³/mol. The molecule has 0 aliphatic rings. The molecular formula is C13H9N5O2S. The molecule has 3 aromatic rings. The normalized spacial score (nSPS) is 11.3. The maximum atomic E-state index is 10.8. The average Bonchev–Trinajstić information content (AvgIpc) is 2.94. The standard InChI is InChI=1S/C13H9N5O2S/c19-12(20)8-3-1-7(2-4-8)5-14-13-17-10-9(11(21)18-13)15-6-16-10/h1-6H,(H,19,20)(H2,15,16,17,18,21)/b14-5+. The smallest absolute Gasteiger partial charge is 0.335 e. The van der Waals surface area contributed by atoms with E-state index in [1.807, 2.05) is 0 Å². The zero-order valence-electron chi connectivity index (χ0n) is 10.6. The van der Waals surface area contributed by atoms with Crippen molar-refractivity contribution in [3.05, 3.63) is 41.7 Å². The third kappa shape index (κ3) is 2.75. The van der Waals surface area contributed by atoms with Crippen LogP contribution in [0.15, 0.2) is 40.6 Å². The summed E-state index contributed by atoms with van der Waals surface area (Å²) in [6.45, 7) is 0. The second kappa shape index (κ2) is 5.33. The van der Waals surface area contributed by atoms with Gasteiger partial charge in [-0.05, 0) is 17.7 Å². The molecule has 0 saturated heterocycles. The summed E-state index contributed by atoms with van der Waals surface area (Å²) in [7, 11) is 0. The average molecular weight is 299 g/mol. The molecule has 0 aliphatic heterocycles. The van der Waals surface area contributed by atoms with E-state index in [9.17, 15) is 4.79 Å². The van der Waals surface area contributed by atoms with Gasteiger partial charge >= 0.3 is 5.97 Å². The van der Waals surface area contributed by atoms with Crippen LogP contribution in [0.25, 0.3) is 11.2 Å². The van der Waals surface area contributed by atoms with Gasteiger partial charge < -0.3 is 10.1 Å². The molecule has 0 atom stereocenters. The summed E-state index contributed by atoms with van der Waals surface area (Å²) in [6.07, 6.45) is 3.06. The summed E-state index contributed by atoms with van der Waals surface area (Å²) in [6, 6.07) is 6.33. The van der Waals surface area contributed by atoms with Gasteiger partial charge in [0.25, 0.3) is 5.95 Å². The van der Waals surface area contributed by atoms with E-state index >= 15 is 0 Å². The van der Waals surface area contributed by atoms with Crippen molar-refractivity contribution in [2.24, 2.45) is 4.99 Å². The molecule has 0 aliphatic carbocycles. The molecule has 2 heterocycles. The number of H-pyrrole nitrogens is 1. The molecule has 0 bridgehead atoms. The molecule has 1 aromatic carbocycles. The third-order valence-electron chi connectivity index (χ3n) is 2.74. The molecule has 2 aromatic heterocycles. The summed E-state index contributed by atoms with van der Waals surface area (Å²) in [4.78, 5) is 30.1. The van der Waals surface area contributed by atoms with E-state index in [0.717, 1.165) is 5.56 Å². The summed E-state index contributed by atoms with van der Waals surface area (Å²) in [5.74, 6) is -0.717. The van der Waals surface area contributed by atoms with Crippen LogP contribution in [0, 0.1) is 0 Å². The van der Waals surface area contributed by atoms with E-state index in [-0.39, 0.29) is 11.5 Å². The number of rotatable bonds is 3. The van der Waals surface area contributed by atoms with Gasteiger partial charge in [0.1, 0.15) is 10.5 Å². The highest BCUT2D eigenvalue weighted by atomic mass is 32.1. The van der Waals surface area contributed by atoms with Crippen molar-refractivity contribution >= 4 is 41.9 Å². The van der Waals surface area contributed by atoms with E-state index in [2.05, 4.69) is 37.6 Å². The number of hydrogen-bond donors (Lipinski definition) is 3. The molecule has 104 valence electrons. The fraction of sp³-hybridized carbons (Fsp3) is 0. The molecule has 21 heavy (non-hydrogen) atoms. The number of aliphatic imine (C=N–C) groups is 1. The summed E-state index contributed by atoms with van der Waals surface area (Å²) in [5, 5.41) is 9.26. The Morgan fingerprint density at radius 3 is 2.76 bits per heavy atom. The van der Waals surface area contributed by atoms with Crippen molar-refractivity contribution in [1.29, 1.82) is 0 Å². The Hall–Kier alpha value is -2.74. The first-order chi connectivity index (χ1) is 10.1. The van der Waals surface area contributed by atoms with Crippen LogP contribution in [0.2, 0.25) is 0 Å². The van der Waals surface area contributed by atoms with Gasteiger partial charge in [-0.1, -0.05) is 12.1 Å². The zero-order valence-corrected chi connectivity index (χ0v) is 11.5. The van der Waals surface area contributed by atoms with Crippen LogP contribution in [-0.2, 0) is 0 Å². The van der Waals surface area contributed by atoms with Crippen molar-refractivity contribution in [2.45, 2.75) is 5.03 Å². The SMILES string of the molecule is O=C(O)c1ccc(/C=N/c2nc(S)c3nc[nH]c3n2)cc1. The topological polar surface area (TPSA) is 104 Å². The monoisotopic (exact) mass is 299 g/mol. The number of aromatic amines is 1. The molecule has 0 unspecified atom stereocenters. The molecule has 0 radical (unpaired) electrons. The van der Waals surface area contributed by atoms with Crippen molar-refractivity contribution in [3.63, 3.8) is 0 Å². The maximum Gasteiger partial charge on any atom is 0.335 e. The fourth-order valence-electron chi connectivity index (χ4n) is 1.71. The molecule has 0 fully saturated rings. The number of aromatic carboxylic acids is 1. The molecule has 7 nitrogen and oxygen atoms in total. The number of fused-ring (bicyclic) bond motifs is 1. The lowest BCUT2D eigenvalue weighted by atomic mass is 10.1. The van der Waals surface area contributed by atoms with E-state index < -0.39 is 5.97 Å². The number of carboxylic acid groups (broad SMARTS) is 1. The van der Waals surface area contributed by atoms with Gasteiger partial charge in [-0.2, -0.15) is 4.98 Å². The lowest BCUT2D eigenvalue weighted by Crippen LogP contribution is -1.95. The second-order valence-electron chi connectivity index (χ2n) is 4.13. The van der Waals surface area contributed by atoms with Crippen molar-refractivity contribution in [1.82, 2.24) is 19.9 Å². The Morgan fingerprint density at radius 2 is 2.05 bits per heavy atom. The lowest BCUT2D eigenvalue weighted by molar-refractivity contribution is 0.0697. The zero-order chi connectivity index (χ0) is 14.8. The number of aromatic nitrogens is 4. The molecule has 0 amide bonds. The first kappa shape index (κ1) is 13.3. The van der Waals surface area contributed by atoms with Gasteiger partial charge in [0.05, 0.1) is 11.9 Å². The fourth-order valence-corrected chi connectivity index (χ4v) is 1.96. The molecule has 8 heteroatoms. The maximum absolute atomic E-state index is 10.8. The van der Waals surface area contributed by atoms with E-state index in [1.165, 1.54) is 18.5 Å². The molecule has 2 N–H and O–H groups in total. The van der Waals surface area contributed by atoms with E-state index in [4.69, 9.17) is 5.11 Å². The van der Waals surface area contributed by atoms with Gasteiger partial charge in [0.15, 0.2) is 5.65 Å². The lowest BCUT2D eigenvalue weighted by Gasteiger charge is -1.97. The summed E-state index contributed by atoms with van der Waals surface area (Å²) < 4.78 is 0. The number of carbonyl (C=O) groups is 1. The van der Waals surface area contributed by atoms with Crippen LogP contribution < -0.4 is 0 Å². The molecule has 0 spiro atoms. The van der Waals surface area contributed by atoms with Gasteiger partial charge in [-0.15, -0.1) is 12.6 Å². The van der Waals surface area contributed by atoms with E-state index in [0.29, 0.717) is 16.2 Å². The third-order valence-corrected chi connectivity index (χ3v) is 3.05. The van der Waals surface area contributed by atoms with Crippen molar-refractivity contribution < 1.29 is 9.90 Å². The molecule has 3 rings (SSSR count). The van der Waals surface area contributed by atoms with Crippen LogP contribution >= 0.6 is 12.6 Å². The van der Waals surface area contributed by atoms with Gasteiger partial charge in [-0.25, -0.2) is 19.8 Å². The minimum atomic E-state index is -0.966. The second-order valence-corrected chi connectivity index (χ2v) is 4.56. The van der Waals surface area contributed by atoms with Crippen LogP contribution in [0.3, 0.4) is 0 Å². The van der Waals surface area contributed by atoms with E-state index in [1.54, 1.807) is 18.3 Å². The number of nitrogens with one attached hydrogen (secondary N) is 1. The summed E-state index contributed by atoms with van der Waals surface area (Å²) in [5.41, 5.74) is 2.11. The Labute approximate surface area is 124 Å². The minimum Gasteiger partial charge on any atom is -0.478 e. The van der Waals surface area contributed by atoms with Gasteiger partial charge in [0.2, 0.25) is 0 Å². The van der Waals surface area contributed by atoms with Crippen molar-refractivity contribution in [3.8, 4) is 0 Å². The highest BCUT2D eigenvalue weighted by Gasteiger charge is 2.06. The van der Waals surface area contributed by atoms with Crippen LogP contribution in [-0.4, -0.2) is 37.2 Å². The summed E-state index contributed by atoms with van der Waals surface area (Å²) >= 11 is 4.23. The number of carboxylic acids is 1. The molecule has 0 saturated carbocycles. The highest BCUT2D eigenvalue weighted by Crippen LogP contribution is 2.18. The highest BCUT2D eigenvalue weighted by molar-refractivity contribution is 7.80. The first-order valence-electron chi connectivity index (χ1n) is 5.91. The Bertz CT molecular complexity index is 841. The Balaban J connectivity index is 1.88. The van der Waals surface area contributed by atoms with Gasteiger partial charge in [0, 0.05) is 6.21 Å². The minimum absolute atomic E-state index is 0.222.